The molecule has 0 aliphatic heterocycles. The number of hydrogen-bond donors (Lipinski definition) is 1. The number of aryl methyl sites for hydroxylation is 1. The highest BCUT2D eigenvalue weighted by Gasteiger charge is 2.59. The van der Waals surface area contributed by atoms with Crippen LogP contribution < -0.4 is 5.32 Å². The van der Waals surface area contributed by atoms with Crippen molar-refractivity contribution in [3.63, 3.8) is 0 Å². The zero-order valence-electron chi connectivity index (χ0n) is 13.6. The second-order valence-corrected chi connectivity index (χ2v) is 9.50. The summed E-state index contributed by atoms with van der Waals surface area (Å²) in [7, 11) is 0. The minimum atomic E-state index is 0.465. The Morgan fingerprint density at radius 1 is 1.35 bits per heavy atom. The first kappa shape index (κ1) is 14.6. The van der Waals surface area contributed by atoms with E-state index in [4.69, 9.17) is 0 Å². The van der Waals surface area contributed by atoms with Crippen molar-refractivity contribution in [1.29, 1.82) is 0 Å². The molecule has 0 amide bonds. The monoisotopic (exact) mass is 291 g/mol. The van der Waals surface area contributed by atoms with E-state index in [0.29, 0.717) is 22.9 Å². The fraction of sp³-hybridized carbons (Fsp3) is 0.778. The molecule has 0 saturated heterocycles. The summed E-state index contributed by atoms with van der Waals surface area (Å²) >= 11 is 1.95. The molecule has 1 N–H and O–H groups in total. The molecule has 1 heterocycles. The molecule has 0 aromatic carbocycles. The van der Waals surface area contributed by atoms with Gasteiger partial charge in [0, 0.05) is 21.8 Å². The zero-order chi connectivity index (χ0) is 14.5. The van der Waals surface area contributed by atoms with Gasteiger partial charge in [0.05, 0.1) is 0 Å². The van der Waals surface area contributed by atoms with Gasteiger partial charge in [0.15, 0.2) is 0 Å². The Morgan fingerprint density at radius 3 is 2.65 bits per heavy atom. The minimum Gasteiger partial charge on any atom is -0.310 e. The van der Waals surface area contributed by atoms with Crippen LogP contribution in [0.2, 0.25) is 0 Å². The van der Waals surface area contributed by atoms with E-state index >= 15 is 0 Å². The standard InChI is InChI=1S/C18H29NS/c1-12(10-15-7-6-13(2)20-15)19-16-17(3,4)14-8-9-18(16,5)11-14/h6-7,12,14,16,19H,8-11H2,1-5H3/t12?,14-,16?,18+/m0/s1. The third-order valence-electron chi connectivity index (χ3n) is 6.02. The summed E-state index contributed by atoms with van der Waals surface area (Å²) in [5.41, 5.74) is 1.00. The predicted octanol–water partition coefficient (Wildman–Crippen LogP) is 4.79. The van der Waals surface area contributed by atoms with Gasteiger partial charge in [0.1, 0.15) is 0 Å². The molecule has 0 spiro atoms. The highest BCUT2D eigenvalue weighted by atomic mass is 32.1. The highest BCUT2D eigenvalue weighted by molar-refractivity contribution is 7.11. The molecule has 2 aliphatic carbocycles. The molecular formula is C18H29NS. The van der Waals surface area contributed by atoms with Gasteiger partial charge < -0.3 is 5.32 Å². The van der Waals surface area contributed by atoms with Crippen molar-refractivity contribution in [1.82, 2.24) is 5.32 Å². The molecule has 112 valence electrons. The maximum Gasteiger partial charge on any atom is 0.0177 e. The number of rotatable bonds is 4. The number of hydrogen-bond acceptors (Lipinski definition) is 2. The van der Waals surface area contributed by atoms with Crippen molar-refractivity contribution in [2.75, 3.05) is 0 Å². The Labute approximate surface area is 128 Å². The van der Waals surface area contributed by atoms with Crippen molar-refractivity contribution in [2.24, 2.45) is 16.7 Å². The summed E-state index contributed by atoms with van der Waals surface area (Å²) in [6.07, 6.45) is 5.47. The van der Waals surface area contributed by atoms with Gasteiger partial charge in [-0.25, -0.2) is 0 Å². The fourth-order valence-electron chi connectivity index (χ4n) is 4.96. The number of fused-ring (bicyclic) bond motifs is 2. The van der Waals surface area contributed by atoms with Crippen LogP contribution in [0.5, 0.6) is 0 Å². The second-order valence-electron chi connectivity index (χ2n) is 8.13. The minimum absolute atomic E-state index is 0.465. The van der Waals surface area contributed by atoms with Gasteiger partial charge in [0.2, 0.25) is 0 Å². The van der Waals surface area contributed by atoms with E-state index in [-0.39, 0.29) is 0 Å². The van der Waals surface area contributed by atoms with Crippen molar-refractivity contribution < 1.29 is 0 Å². The summed E-state index contributed by atoms with van der Waals surface area (Å²) in [4.78, 5) is 2.95. The molecule has 2 unspecified atom stereocenters. The maximum absolute atomic E-state index is 4.01. The molecule has 2 fully saturated rings. The molecule has 1 aromatic heterocycles. The maximum atomic E-state index is 4.01. The van der Waals surface area contributed by atoms with E-state index < -0.39 is 0 Å². The van der Waals surface area contributed by atoms with Crippen LogP contribution in [0.1, 0.15) is 56.7 Å². The van der Waals surface area contributed by atoms with Gasteiger partial charge in [0.25, 0.3) is 0 Å². The third-order valence-corrected chi connectivity index (χ3v) is 7.05. The summed E-state index contributed by atoms with van der Waals surface area (Å²) in [5.74, 6) is 0.932. The molecule has 2 heteroatoms. The van der Waals surface area contributed by atoms with Crippen LogP contribution in [-0.4, -0.2) is 12.1 Å². The fourth-order valence-corrected chi connectivity index (χ4v) is 5.98. The topological polar surface area (TPSA) is 12.0 Å². The molecule has 2 aliphatic rings. The quantitative estimate of drug-likeness (QED) is 0.841. The molecule has 0 radical (unpaired) electrons. The van der Waals surface area contributed by atoms with Crippen molar-refractivity contribution in [2.45, 2.75) is 72.4 Å². The van der Waals surface area contributed by atoms with Gasteiger partial charge in [-0.1, -0.05) is 20.8 Å². The average Bonchev–Trinajstić information content (AvgIpc) is 2.97. The SMILES string of the molecule is Cc1ccc(CC(C)NC2C(C)(C)[C@H]3CC[C@]2(C)C3)s1. The number of nitrogens with one attached hydrogen (secondary N) is 1. The van der Waals surface area contributed by atoms with Crippen LogP contribution in [0, 0.1) is 23.7 Å². The summed E-state index contributed by atoms with van der Waals surface area (Å²) in [5, 5.41) is 4.01. The summed E-state index contributed by atoms with van der Waals surface area (Å²) in [6, 6.07) is 5.81. The molecule has 2 saturated carbocycles. The normalized spacial score (nSPS) is 36.5. The van der Waals surface area contributed by atoms with Gasteiger partial charge in [-0.05, 0) is 68.4 Å². The zero-order valence-corrected chi connectivity index (χ0v) is 14.4. The van der Waals surface area contributed by atoms with Crippen molar-refractivity contribution >= 4 is 11.3 Å². The van der Waals surface area contributed by atoms with E-state index in [1.54, 1.807) is 0 Å². The lowest BCUT2D eigenvalue weighted by atomic mass is 9.68. The van der Waals surface area contributed by atoms with Crippen molar-refractivity contribution in [3.8, 4) is 0 Å². The Balaban J connectivity index is 1.68. The van der Waals surface area contributed by atoms with E-state index in [2.05, 4.69) is 52.1 Å². The molecule has 1 nitrogen and oxygen atoms in total. The summed E-state index contributed by atoms with van der Waals surface area (Å²) in [6.45, 7) is 12.1. The smallest absolute Gasteiger partial charge is 0.0177 e. The van der Waals surface area contributed by atoms with Gasteiger partial charge in [-0.2, -0.15) is 0 Å². The van der Waals surface area contributed by atoms with Gasteiger partial charge in [-0.3, -0.25) is 0 Å². The van der Waals surface area contributed by atoms with Crippen LogP contribution in [0.4, 0.5) is 0 Å². The third kappa shape index (κ3) is 2.35. The Kier molecular flexibility index (Phi) is 3.53. The molecule has 3 rings (SSSR count). The Hall–Kier alpha value is -0.340. The molecule has 20 heavy (non-hydrogen) atoms. The van der Waals surface area contributed by atoms with E-state index in [1.165, 1.54) is 35.4 Å². The van der Waals surface area contributed by atoms with Crippen LogP contribution >= 0.6 is 11.3 Å². The van der Waals surface area contributed by atoms with Crippen LogP contribution in [0.15, 0.2) is 12.1 Å². The van der Waals surface area contributed by atoms with Crippen LogP contribution in [0.3, 0.4) is 0 Å². The predicted molar refractivity (Wildman–Crippen MR) is 88.4 cm³/mol. The first-order valence-electron chi connectivity index (χ1n) is 8.13. The lowest BCUT2D eigenvalue weighted by Crippen LogP contribution is -2.53. The first-order chi connectivity index (χ1) is 9.31. The molecule has 2 bridgehead atoms. The molecule has 4 atom stereocenters. The average molecular weight is 292 g/mol. The van der Waals surface area contributed by atoms with Crippen LogP contribution in [0.25, 0.3) is 0 Å². The molecule has 1 aromatic rings. The lowest BCUT2D eigenvalue weighted by Gasteiger charge is -2.44. The van der Waals surface area contributed by atoms with Crippen LogP contribution in [-0.2, 0) is 6.42 Å². The number of thiophene rings is 1. The summed E-state index contributed by atoms with van der Waals surface area (Å²) < 4.78 is 0. The lowest BCUT2D eigenvalue weighted by molar-refractivity contribution is 0.100. The van der Waals surface area contributed by atoms with E-state index in [1.807, 2.05) is 11.3 Å². The van der Waals surface area contributed by atoms with E-state index in [0.717, 1.165) is 5.92 Å². The van der Waals surface area contributed by atoms with Gasteiger partial charge >= 0.3 is 0 Å². The Morgan fingerprint density at radius 2 is 2.10 bits per heavy atom. The van der Waals surface area contributed by atoms with E-state index in [9.17, 15) is 0 Å². The Bertz CT molecular complexity index is 485. The highest BCUT2D eigenvalue weighted by Crippen LogP contribution is 2.62. The second kappa shape index (κ2) is 4.84. The van der Waals surface area contributed by atoms with Gasteiger partial charge in [-0.15, -0.1) is 11.3 Å². The first-order valence-corrected chi connectivity index (χ1v) is 8.94. The molecular weight excluding hydrogens is 262 g/mol. The largest absolute Gasteiger partial charge is 0.310 e. The van der Waals surface area contributed by atoms with Crippen molar-refractivity contribution in [3.05, 3.63) is 21.9 Å².